The molecule has 3 nitrogen and oxygen atoms in total. The van der Waals surface area contributed by atoms with Crippen LogP contribution in [0.25, 0.3) is 0 Å². The average Bonchev–Trinajstić information content (AvgIpc) is 2.47. The second-order valence-electron chi connectivity index (χ2n) is 5.58. The van der Waals surface area contributed by atoms with Crippen LogP contribution in [0.1, 0.15) is 64.2 Å². The van der Waals surface area contributed by atoms with Gasteiger partial charge < -0.3 is 0 Å². The minimum atomic E-state index is -1.88. The third-order valence-electron chi connectivity index (χ3n) is 4.24. The molecule has 2 rings (SSSR count). The fourth-order valence-corrected chi connectivity index (χ4v) is 4.35. The van der Waals surface area contributed by atoms with Crippen LogP contribution < -0.4 is 0 Å². The van der Waals surface area contributed by atoms with Crippen LogP contribution in [0.3, 0.4) is 0 Å². The van der Waals surface area contributed by atoms with Gasteiger partial charge in [0.15, 0.2) is 10.8 Å². The maximum absolute atomic E-state index is 12.1. The summed E-state index contributed by atoms with van der Waals surface area (Å²) in [5, 5.41) is -0.574. The molecule has 0 aromatic rings. The first-order valence-corrected chi connectivity index (χ1v) is 8.34. The molecule has 0 N–H and O–H groups in total. The van der Waals surface area contributed by atoms with Crippen molar-refractivity contribution in [3.8, 4) is 0 Å². The van der Waals surface area contributed by atoms with E-state index in [1.807, 2.05) is 0 Å². The van der Waals surface area contributed by atoms with Gasteiger partial charge in [-0.05, 0) is 25.7 Å². The number of hydrogen-bond acceptors (Lipinski definition) is 3. The predicted molar refractivity (Wildman–Crippen MR) is 71.3 cm³/mol. The Labute approximate surface area is 111 Å². The van der Waals surface area contributed by atoms with Gasteiger partial charge in [0.05, 0.1) is 0 Å². The highest BCUT2D eigenvalue weighted by molar-refractivity contribution is 8.13. The highest BCUT2D eigenvalue weighted by atomic mass is 32.2. The van der Waals surface area contributed by atoms with E-state index in [0.717, 1.165) is 64.2 Å². The first-order chi connectivity index (χ1) is 8.70. The Hall–Kier alpha value is -0.510. The summed E-state index contributed by atoms with van der Waals surface area (Å²) in [6.07, 6.45) is 9.74. The van der Waals surface area contributed by atoms with E-state index < -0.39 is 10.8 Å². The van der Waals surface area contributed by atoms with Gasteiger partial charge >= 0.3 is 0 Å². The van der Waals surface area contributed by atoms with Crippen molar-refractivity contribution in [3.63, 3.8) is 0 Å². The summed E-state index contributed by atoms with van der Waals surface area (Å²) in [5.41, 5.74) is 0. The fraction of sp³-hybridized carbons (Fsp3) is 0.857. The van der Waals surface area contributed by atoms with E-state index in [4.69, 9.17) is 0 Å². The van der Waals surface area contributed by atoms with Crippen LogP contribution in [-0.2, 0) is 20.4 Å². The van der Waals surface area contributed by atoms with Crippen molar-refractivity contribution in [2.24, 2.45) is 11.8 Å². The molecule has 0 amide bonds. The number of carbonyl (C=O) groups is 2. The Morgan fingerprint density at radius 3 is 1.33 bits per heavy atom. The summed E-state index contributed by atoms with van der Waals surface area (Å²) in [5.74, 6) is -0.237. The minimum absolute atomic E-state index is 0.118. The zero-order valence-electron chi connectivity index (χ0n) is 10.9. The molecule has 4 heteroatoms. The van der Waals surface area contributed by atoms with E-state index in [2.05, 4.69) is 0 Å². The Morgan fingerprint density at radius 2 is 1.00 bits per heavy atom. The monoisotopic (exact) mass is 270 g/mol. The largest absolute Gasteiger partial charge is 0.284 e. The summed E-state index contributed by atoms with van der Waals surface area (Å²) in [4.78, 5) is 24.1. The van der Waals surface area contributed by atoms with Gasteiger partial charge in [0.2, 0.25) is 10.2 Å². The topological polar surface area (TPSA) is 51.2 Å². The molecule has 0 aromatic carbocycles. The second kappa shape index (κ2) is 6.60. The summed E-state index contributed by atoms with van der Waals surface area (Å²) in [6, 6.07) is 0. The summed E-state index contributed by atoms with van der Waals surface area (Å²) in [6.45, 7) is 0. The van der Waals surface area contributed by atoms with Crippen molar-refractivity contribution in [2.45, 2.75) is 64.2 Å². The van der Waals surface area contributed by atoms with Crippen LogP contribution >= 0.6 is 0 Å². The quantitative estimate of drug-likeness (QED) is 0.775. The molecule has 0 bridgehead atoms. The van der Waals surface area contributed by atoms with E-state index in [9.17, 15) is 13.8 Å². The smallest absolute Gasteiger partial charge is 0.229 e. The summed E-state index contributed by atoms with van der Waals surface area (Å²) >= 11 is 0. The Morgan fingerprint density at radius 1 is 0.667 bits per heavy atom. The van der Waals surface area contributed by atoms with Crippen molar-refractivity contribution in [2.75, 3.05) is 0 Å². The molecule has 0 radical (unpaired) electrons. The van der Waals surface area contributed by atoms with Crippen molar-refractivity contribution < 1.29 is 13.8 Å². The first kappa shape index (κ1) is 13.9. The minimum Gasteiger partial charge on any atom is -0.284 e. The van der Waals surface area contributed by atoms with E-state index in [0.29, 0.717) is 0 Å². The molecule has 0 saturated heterocycles. The highest BCUT2D eigenvalue weighted by Gasteiger charge is 2.33. The van der Waals surface area contributed by atoms with Crippen molar-refractivity contribution >= 4 is 21.0 Å². The zero-order valence-corrected chi connectivity index (χ0v) is 11.7. The summed E-state index contributed by atoms with van der Waals surface area (Å²) in [7, 11) is -1.88. The van der Waals surface area contributed by atoms with Gasteiger partial charge in [-0.2, -0.15) is 0 Å². The van der Waals surface area contributed by atoms with Crippen LogP contribution in [0.15, 0.2) is 0 Å². The van der Waals surface area contributed by atoms with Gasteiger partial charge in [-0.3, -0.25) is 9.59 Å². The third-order valence-corrected chi connectivity index (χ3v) is 5.64. The first-order valence-electron chi connectivity index (χ1n) is 7.19. The molecule has 0 aliphatic heterocycles. The number of rotatable bonds is 2. The lowest BCUT2D eigenvalue weighted by molar-refractivity contribution is -0.118. The Kier molecular flexibility index (Phi) is 5.10. The van der Waals surface area contributed by atoms with Crippen LogP contribution in [0.2, 0.25) is 0 Å². The van der Waals surface area contributed by atoms with Crippen molar-refractivity contribution in [3.05, 3.63) is 0 Å². The lowest BCUT2D eigenvalue weighted by Crippen LogP contribution is -2.31. The van der Waals surface area contributed by atoms with E-state index in [1.54, 1.807) is 0 Å². The van der Waals surface area contributed by atoms with Gasteiger partial charge in [0.25, 0.3) is 0 Å². The fourth-order valence-electron chi connectivity index (χ4n) is 3.08. The second-order valence-corrected chi connectivity index (χ2v) is 6.92. The molecule has 0 spiro atoms. The van der Waals surface area contributed by atoms with Gasteiger partial charge in [-0.25, -0.2) is 4.21 Å². The average molecular weight is 270 g/mol. The third kappa shape index (κ3) is 3.28. The molecule has 2 aliphatic carbocycles. The Bertz CT molecular complexity index is 307. The maximum Gasteiger partial charge on any atom is 0.229 e. The molecule has 102 valence electrons. The molecule has 2 saturated carbocycles. The number of carbonyl (C=O) groups excluding carboxylic acids is 2. The lowest BCUT2D eigenvalue weighted by atomic mass is 9.90. The van der Waals surface area contributed by atoms with Gasteiger partial charge in [0.1, 0.15) is 0 Å². The molecular formula is C14H22O3S. The molecule has 18 heavy (non-hydrogen) atoms. The van der Waals surface area contributed by atoms with Gasteiger partial charge in [-0.1, -0.05) is 38.5 Å². The van der Waals surface area contributed by atoms with Crippen LogP contribution in [0.5, 0.6) is 0 Å². The SMILES string of the molecule is O=C(C1CCCCC1)S(=O)C(=O)C1CCCCC1. The molecule has 2 fully saturated rings. The van der Waals surface area contributed by atoms with Crippen molar-refractivity contribution in [1.82, 2.24) is 0 Å². The molecule has 0 unspecified atom stereocenters. The van der Waals surface area contributed by atoms with Crippen LogP contribution in [0, 0.1) is 11.8 Å². The summed E-state index contributed by atoms with van der Waals surface area (Å²) < 4.78 is 12.1. The van der Waals surface area contributed by atoms with Crippen LogP contribution in [0.4, 0.5) is 0 Å². The lowest BCUT2D eigenvalue weighted by Gasteiger charge is -2.22. The highest BCUT2D eigenvalue weighted by Crippen LogP contribution is 2.29. The van der Waals surface area contributed by atoms with E-state index in [1.165, 1.54) is 0 Å². The zero-order chi connectivity index (χ0) is 13.0. The molecule has 0 aromatic heterocycles. The molecule has 0 heterocycles. The molecule has 2 aliphatic rings. The van der Waals surface area contributed by atoms with Crippen molar-refractivity contribution in [1.29, 1.82) is 0 Å². The Balaban J connectivity index is 1.92. The normalized spacial score (nSPS) is 23.2. The number of hydrogen-bond donors (Lipinski definition) is 0. The predicted octanol–water partition coefficient (Wildman–Crippen LogP) is 2.95. The van der Waals surface area contributed by atoms with Crippen LogP contribution in [-0.4, -0.2) is 14.4 Å². The maximum atomic E-state index is 12.1. The van der Waals surface area contributed by atoms with Gasteiger partial charge in [-0.15, -0.1) is 0 Å². The van der Waals surface area contributed by atoms with E-state index in [-0.39, 0.29) is 22.1 Å². The molecular weight excluding hydrogens is 248 g/mol. The van der Waals surface area contributed by atoms with Gasteiger partial charge in [0, 0.05) is 11.8 Å². The standard InChI is InChI=1S/C14H22O3S/c15-13(11-7-3-1-4-8-11)18(17)14(16)12-9-5-2-6-10-12/h11-12H,1-10H2. The van der Waals surface area contributed by atoms with E-state index >= 15 is 0 Å². The molecule has 0 atom stereocenters.